The van der Waals surface area contributed by atoms with Crippen LogP contribution in [-0.4, -0.2) is 22.0 Å². The lowest BCUT2D eigenvalue weighted by Crippen LogP contribution is -2.08. The summed E-state index contributed by atoms with van der Waals surface area (Å²) in [5.41, 5.74) is 7.06. The number of aromatic nitrogens is 2. The quantitative estimate of drug-likeness (QED) is 0.511. The zero-order chi connectivity index (χ0) is 10.6. The van der Waals surface area contributed by atoms with Gasteiger partial charge in [-0.3, -0.25) is 5.41 Å². The average Bonchev–Trinajstić information content (AvgIpc) is 2.60. The van der Waals surface area contributed by atoms with Crippen molar-refractivity contribution in [3.63, 3.8) is 0 Å². The molecule has 0 saturated carbocycles. The third kappa shape index (κ3) is 2.55. The third-order valence-corrected chi connectivity index (χ3v) is 1.58. The summed E-state index contributed by atoms with van der Waals surface area (Å²) in [5, 5.41) is 11.5. The van der Waals surface area contributed by atoms with E-state index >= 15 is 0 Å². The summed E-state index contributed by atoms with van der Waals surface area (Å²) in [7, 11) is 0. The molecule has 0 atom stereocenters. The maximum atomic E-state index is 7.55. The van der Waals surface area contributed by atoms with Crippen molar-refractivity contribution >= 4 is 12.2 Å². The number of rotatable bonds is 1. The molecular formula is C9H13N5. The Morgan fingerprint density at radius 1 is 1.71 bits per heavy atom. The lowest BCUT2D eigenvalue weighted by molar-refractivity contribution is 0.912. The minimum absolute atomic E-state index is 0.0688. The molecule has 0 aliphatic rings. The van der Waals surface area contributed by atoms with Crippen molar-refractivity contribution in [1.29, 1.82) is 5.41 Å². The van der Waals surface area contributed by atoms with Gasteiger partial charge in [-0.05, 0) is 31.2 Å². The van der Waals surface area contributed by atoms with Gasteiger partial charge in [0.1, 0.15) is 0 Å². The van der Waals surface area contributed by atoms with Crippen LogP contribution in [0.5, 0.6) is 0 Å². The number of nitrogens with two attached hydrogens (primary N) is 1. The number of hydrogen-bond acceptors (Lipinski definition) is 3. The molecule has 0 aliphatic heterocycles. The van der Waals surface area contributed by atoms with Crippen LogP contribution in [0.4, 0.5) is 0 Å². The van der Waals surface area contributed by atoms with Crippen molar-refractivity contribution < 1.29 is 0 Å². The van der Waals surface area contributed by atoms with Gasteiger partial charge in [-0.2, -0.15) is 5.10 Å². The molecule has 0 unspecified atom stereocenters. The minimum Gasteiger partial charge on any atom is -0.404 e. The summed E-state index contributed by atoms with van der Waals surface area (Å²) in [6.45, 7) is 3.72. The Labute approximate surface area is 82.5 Å². The summed E-state index contributed by atoms with van der Waals surface area (Å²) >= 11 is 0. The lowest BCUT2D eigenvalue weighted by Gasteiger charge is -1.95. The normalized spacial score (nSPS) is 12.3. The highest BCUT2D eigenvalue weighted by atomic mass is 15.3. The Kier molecular flexibility index (Phi) is 3.17. The second kappa shape index (κ2) is 4.36. The Balaban J connectivity index is 2.73. The van der Waals surface area contributed by atoms with Crippen LogP contribution < -0.4 is 5.73 Å². The largest absolute Gasteiger partial charge is 0.404 e. The second-order valence-corrected chi connectivity index (χ2v) is 2.95. The molecule has 74 valence electrons. The van der Waals surface area contributed by atoms with Crippen molar-refractivity contribution in [1.82, 2.24) is 9.78 Å². The smallest absolute Gasteiger partial charge is 0.242 e. The first-order valence-corrected chi connectivity index (χ1v) is 4.16. The topological polar surface area (TPSA) is 80.0 Å². The van der Waals surface area contributed by atoms with Gasteiger partial charge in [-0.15, -0.1) is 0 Å². The zero-order valence-corrected chi connectivity index (χ0v) is 8.23. The van der Waals surface area contributed by atoms with Gasteiger partial charge < -0.3 is 5.73 Å². The molecule has 14 heavy (non-hydrogen) atoms. The number of aliphatic imine (C=N–C) groups is 1. The fourth-order valence-electron chi connectivity index (χ4n) is 0.794. The molecule has 3 N–H and O–H groups in total. The molecule has 1 heterocycles. The first-order chi connectivity index (χ1) is 6.63. The maximum absolute atomic E-state index is 7.55. The van der Waals surface area contributed by atoms with Crippen LogP contribution in [0.25, 0.3) is 0 Å². The molecule has 0 bridgehead atoms. The molecule has 1 aromatic rings. The lowest BCUT2D eigenvalue weighted by atomic mass is 10.4. The van der Waals surface area contributed by atoms with Crippen molar-refractivity contribution in [2.24, 2.45) is 10.7 Å². The van der Waals surface area contributed by atoms with E-state index in [0.717, 1.165) is 11.1 Å². The Hall–Kier alpha value is -1.91. The molecule has 5 heteroatoms. The Morgan fingerprint density at radius 3 is 2.93 bits per heavy atom. The van der Waals surface area contributed by atoms with E-state index in [1.807, 2.05) is 13.8 Å². The van der Waals surface area contributed by atoms with Crippen LogP contribution in [0.3, 0.4) is 0 Å². The molecule has 0 saturated heterocycles. The molecule has 0 radical (unpaired) electrons. The number of allylic oxidation sites excluding steroid dienone is 1. The van der Waals surface area contributed by atoms with Crippen LogP contribution in [-0.2, 0) is 0 Å². The third-order valence-electron chi connectivity index (χ3n) is 1.58. The van der Waals surface area contributed by atoms with Gasteiger partial charge in [0.05, 0.1) is 6.20 Å². The summed E-state index contributed by atoms with van der Waals surface area (Å²) < 4.78 is 1.40. The monoisotopic (exact) mass is 191 g/mol. The summed E-state index contributed by atoms with van der Waals surface area (Å²) in [4.78, 5) is 3.89. The highest BCUT2D eigenvalue weighted by Crippen LogP contribution is 1.94. The van der Waals surface area contributed by atoms with Crippen LogP contribution >= 0.6 is 0 Å². The predicted molar refractivity (Wildman–Crippen MR) is 56.5 cm³/mol. The van der Waals surface area contributed by atoms with Crippen molar-refractivity contribution in [2.75, 3.05) is 0 Å². The van der Waals surface area contributed by atoms with Crippen molar-refractivity contribution in [2.45, 2.75) is 13.8 Å². The molecular weight excluding hydrogens is 178 g/mol. The molecule has 0 fully saturated rings. The molecule has 0 amide bonds. The van der Waals surface area contributed by atoms with Gasteiger partial charge in [0.25, 0.3) is 0 Å². The SMILES string of the molecule is CC(=C/N)/C=N/C(=N)n1cc(C)cn1. The van der Waals surface area contributed by atoms with Crippen molar-refractivity contribution in [3.05, 3.63) is 29.7 Å². The van der Waals surface area contributed by atoms with Gasteiger partial charge in [0, 0.05) is 12.4 Å². The van der Waals surface area contributed by atoms with Gasteiger partial charge in [-0.25, -0.2) is 9.67 Å². The average molecular weight is 191 g/mol. The van der Waals surface area contributed by atoms with E-state index in [1.54, 1.807) is 12.4 Å². The first-order valence-electron chi connectivity index (χ1n) is 4.16. The Morgan fingerprint density at radius 2 is 2.43 bits per heavy atom. The molecule has 0 aromatic carbocycles. The molecule has 1 aromatic heterocycles. The van der Waals surface area contributed by atoms with Crippen LogP contribution in [0.1, 0.15) is 12.5 Å². The van der Waals surface area contributed by atoms with E-state index in [-0.39, 0.29) is 5.96 Å². The molecule has 1 rings (SSSR count). The number of nitrogens with one attached hydrogen (secondary N) is 1. The standard InChI is InChI=1S/C9H13N5/c1-7(3-10)4-12-9(11)14-6-8(2)5-13-14/h3-6,11H,10H2,1-2H3/b7-3-,11-9?,12-4+. The van der Waals surface area contributed by atoms with E-state index < -0.39 is 0 Å². The summed E-state index contributed by atoms with van der Waals surface area (Å²) in [6, 6.07) is 0. The molecule has 0 aliphatic carbocycles. The van der Waals surface area contributed by atoms with E-state index in [4.69, 9.17) is 11.1 Å². The number of nitrogens with zero attached hydrogens (tertiary/aromatic N) is 3. The second-order valence-electron chi connectivity index (χ2n) is 2.95. The molecule has 5 nitrogen and oxygen atoms in total. The molecule has 0 spiro atoms. The van der Waals surface area contributed by atoms with Crippen LogP contribution in [0.2, 0.25) is 0 Å². The number of hydrogen-bond donors (Lipinski definition) is 2. The zero-order valence-electron chi connectivity index (χ0n) is 8.23. The van der Waals surface area contributed by atoms with E-state index in [9.17, 15) is 0 Å². The van der Waals surface area contributed by atoms with E-state index in [0.29, 0.717) is 0 Å². The highest BCUT2D eigenvalue weighted by Gasteiger charge is 1.97. The van der Waals surface area contributed by atoms with E-state index in [1.165, 1.54) is 17.1 Å². The predicted octanol–water partition coefficient (Wildman–Crippen LogP) is 0.908. The van der Waals surface area contributed by atoms with E-state index in [2.05, 4.69) is 10.1 Å². The van der Waals surface area contributed by atoms with Gasteiger partial charge in [-0.1, -0.05) is 0 Å². The summed E-state index contributed by atoms with van der Waals surface area (Å²) in [5.74, 6) is 0.0688. The van der Waals surface area contributed by atoms with Gasteiger partial charge >= 0.3 is 0 Å². The number of aryl methyl sites for hydroxylation is 1. The van der Waals surface area contributed by atoms with Gasteiger partial charge in [0.15, 0.2) is 0 Å². The summed E-state index contributed by atoms with van der Waals surface area (Å²) in [6.07, 6.45) is 6.38. The Bertz CT molecular complexity index is 386. The first kappa shape index (κ1) is 10.2. The highest BCUT2D eigenvalue weighted by molar-refractivity contribution is 5.91. The van der Waals surface area contributed by atoms with Crippen molar-refractivity contribution in [3.8, 4) is 0 Å². The van der Waals surface area contributed by atoms with Gasteiger partial charge in [0.2, 0.25) is 5.96 Å². The van der Waals surface area contributed by atoms with Crippen LogP contribution in [0, 0.1) is 12.3 Å². The maximum Gasteiger partial charge on any atom is 0.242 e. The minimum atomic E-state index is 0.0688. The fourth-order valence-corrected chi connectivity index (χ4v) is 0.794. The van der Waals surface area contributed by atoms with Crippen LogP contribution in [0.15, 0.2) is 29.2 Å². The fraction of sp³-hybridized carbons (Fsp3) is 0.222.